The third-order valence-corrected chi connectivity index (χ3v) is 2.19. The topological polar surface area (TPSA) is 65.2 Å². The molecule has 74 valence electrons. The molecule has 3 aromatic rings. The van der Waals surface area contributed by atoms with Gasteiger partial charge >= 0.3 is 0 Å². The van der Waals surface area contributed by atoms with E-state index in [4.69, 9.17) is 4.74 Å². The Kier molecular flexibility index (Phi) is 1.55. The first-order chi connectivity index (χ1) is 7.40. The molecule has 0 aliphatic heterocycles. The highest BCUT2D eigenvalue weighted by molar-refractivity contribution is 5.78. The summed E-state index contributed by atoms with van der Waals surface area (Å²) in [5, 5.41) is 11.3. The summed E-state index contributed by atoms with van der Waals surface area (Å²) < 4.78 is 6.73. The number of tetrazole rings is 1. The number of rotatable bonds is 1. The smallest absolute Gasteiger partial charge is 0.262 e. The lowest BCUT2D eigenvalue weighted by molar-refractivity contribution is 0.401. The number of benzene rings is 1. The predicted octanol–water partition coefficient (Wildman–Crippen LogP) is 0.681. The van der Waals surface area contributed by atoms with Crippen molar-refractivity contribution in [2.45, 2.75) is 0 Å². The molecule has 0 N–H and O–H groups in total. The summed E-state index contributed by atoms with van der Waals surface area (Å²) in [6.45, 7) is 0. The molecular weight excluding hydrogens is 194 g/mol. The van der Waals surface area contributed by atoms with Gasteiger partial charge in [0.1, 0.15) is 0 Å². The van der Waals surface area contributed by atoms with Crippen LogP contribution in [0.3, 0.4) is 0 Å². The highest BCUT2D eigenvalue weighted by Gasteiger charge is 2.10. The molecule has 0 saturated heterocycles. The minimum atomic E-state index is 0.429. The minimum Gasteiger partial charge on any atom is -0.478 e. The molecule has 0 radical (unpaired) electrons. The molecule has 0 aliphatic carbocycles. The molecule has 2 heterocycles. The second kappa shape index (κ2) is 2.88. The minimum absolute atomic E-state index is 0.429. The Labute approximate surface area is 84.5 Å². The molecular formula is C9H7N5O. The Bertz CT molecular complexity index is 633. The van der Waals surface area contributed by atoms with Gasteiger partial charge in [-0.3, -0.25) is 0 Å². The largest absolute Gasteiger partial charge is 0.478 e. The summed E-state index contributed by atoms with van der Waals surface area (Å²) in [6, 6.07) is 7.62. The van der Waals surface area contributed by atoms with E-state index >= 15 is 0 Å². The molecule has 0 fully saturated rings. The van der Waals surface area contributed by atoms with Crippen molar-refractivity contribution < 1.29 is 4.74 Å². The highest BCUT2D eigenvalue weighted by Crippen LogP contribution is 2.19. The van der Waals surface area contributed by atoms with E-state index in [2.05, 4.69) is 20.5 Å². The van der Waals surface area contributed by atoms with E-state index in [0.717, 1.165) is 11.0 Å². The van der Waals surface area contributed by atoms with Crippen molar-refractivity contribution in [2.24, 2.45) is 0 Å². The molecule has 6 heteroatoms. The number of hydrogen-bond donors (Lipinski definition) is 0. The first kappa shape index (κ1) is 8.10. The number of nitrogens with zero attached hydrogens (tertiary/aromatic N) is 5. The third-order valence-electron chi connectivity index (χ3n) is 2.19. The fourth-order valence-electron chi connectivity index (χ4n) is 1.52. The van der Waals surface area contributed by atoms with E-state index in [0.29, 0.717) is 11.5 Å². The van der Waals surface area contributed by atoms with Crippen molar-refractivity contribution in [3.63, 3.8) is 0 Å². The van der Waals surface area contributed by atoms with Crippen LogP contribution in [0.15, 0.2) is 24.3 Å². The maximum atomic E-state index is 5.12. The van der Waals surface area contributed by atoms with Crippen molar-refractivity contribution in [3.05, 3.63) is 24.3 Å². The lowest BCUT2D eigenvalue weighted by Crippen LogP contribution is -1.97. The van der Waals surface area contributed by atoms with Crippen LogP contribution >= 0.6 is 0 Å². The van der Waals surface area contributed by atoms with Crippen molar-refractivity contribution >= 4 is 16.7 Å². The zero-order chi connectivity index (χ0) is 10.3. The molecule has 15 heavy (non-hydrogen) atoms. The van der Waals surface area contributed by atoms with E-state index in [-0.39, 0.29) is 0 Å². The molecule has 0 bridgehead atoms. The standard InChI is InChI=1S/C9H7N5O/c1-15-9-8-11-12-13-14(8)7-5-3-2-4-6(7)10-9/h2-5H,1H3. The van der Waals surface area contributed by atoms with Gasteiger partial charge in [-0.15, -0.1) is 5.10 Å². The molecule has 6 nitrogen and oxygen atoms in total. The lowest BCUT2D eigenvalue weighted by atomic mass is 10.3. The van der Waals surface area contributed by atoms with Gasteiger partial charge in [-0.1, -0.05) is 12.1 Å². The fourth-order valence-corrected chi connectivity index (χ4v) is 1.52. The molecule has 3 rings (SSSR count). The van der Waals surface area contributed by atoms with Crippen LogP contribution in [0.2, 0.25) is 0 Å². The van der Waals surface area contributed by atoms with Crippen molar-refractivity contribution in [3.8, 4) is 5.88 Å². The Morgan fingerprint density at radius 2 is 2.13 bits per heavy atom. The van der Waals surface area contributed by atoms with Crippen molar-refractivity contribution in [1.29, 1.82) is 0 Å². The van der Waals surface area contributed by atoms with Gasteiger partial charge in [0, 0.05) is 0 Å². The van der Waals surface area contributed by atoms with E-state index in [9.17, 15) is 0 Å². The second-order valence-electron chi connectivity index (χ2n) is 3.02. The van der Waals surface area contributed by atoms with Crippen LogP contribution in [0.4, 0.5) is 0 Å². The number of aromatic nitrogens is 5. The number of fused-ring (bicyclic) bond motifs is 3. The van der Waals surface area contributed by atoms with E-state index in [1.54, 1.807) is 11.6 Å². The van der Waals surface area contributed by atoms with Crippen molar-refractivity contribution in [1.82, 2.24) is 25.0 Å². The molecule has 0 unspecified atom stereocenters. The van der Waals surface area contributed by atoms with Gasteiger partial charge in [-0.05, 0) is 22.6 Å². The average Bonchev–Trinajstić information content (AvgIpc) is 2.77. The maximum absolute atomic E-state index is 5.12. The fraction of sp³-hybridized carbons (Fsp3) is 0.111. The molecule has 2 aromatic heterocycles. The normalized spacial score (nSPS) is 11.0. The van der Waals surface area contributed by atoms with Gasteiger partial charge in [-0.2, -0.15) is 4.52 Å². The molecule has 0 atom stereocenters. The summed E-state index contributed by atoms with van der Waals surface area (Å²) in [4.78, 5) is 4.31. The van der Waals surface area contributed by atoms with Crippen LogP contribution in [-0.2, 0) is 0 Å². The maximum Gasteiger partial charge on any atom is 0.262 e. The number of ether oxygens (including phenoxy) is 1. The predicted molar refractivity (Wildman–Crippen MR) is 52.6 cm³/mol. The monoisotopic (exact) mass is 201 g/mol. The summed E-state index contributed by atoms with van der Waals surface area (Å²) in [7, 11) is 1.55. The van der Waals surface area contributed by atoms with Gasteiger partial charge < -0.3 is 4.74 Å². The Balaban J connectivity index is 2.57. The molecule has 0 spiro atoms. The molecule has 0 saturated carbocycles. The third kappa shape index (κ3) is 1.04. The molecule has 1 aromatic carbocycles. The molecule has 0 amide bonds. The van der Waals surface area contributed by atoms with Crippen LogP contribution in [0.25, 0.3) is 16.7 Å². The summed E-state index contributed by atoms with van der Waals surface area (Å²) >= 11 is 0. The lowest BCUT2D eigenvalue weighted by Gasteiger charge is -2.02. The second-order valence-corrected chi connectivity index (χ2v) is 3.02. The van der Waals surface area contributed by atoms with E-state index in [1.165, 1.54) is 0 Å². The zero-order valence-corrected chi connectivity index (χ0v) is 7.95. The van der Waals surface area contributed by atoms with Gasteiger partial charge in [0.05, 0.1) is 18.1 Å². The van der Waals surface area contributed by atoms with Gasteiger partial charge in [0.25, 0.3) is 5.88 Å². The number of hydrogen-bond acceptors (Lipinski definition) is 5. The Hall–Kier alpha value is -2.24. The van der Waals surface area contributed by atoms with Crippen LogP contribution in [-0.4, -0.2) is 32.1 Å². The first-order valence-electron chi connectivity index (χ1n) is 4.41. The number of methoxy groups -OCH3 is 1. The summed E-state index contributed by atoms with van der Waals surface area (Å²) in [5.41, 5.74) is 2.18. The Morgan fingerprint density at radius 3 is 3.00 bits per heavy atom. The van der Waals surface area contributed by atoms with Crippen LogP contribution in [0.1, 0.15) is 0 Å². The van der Waals surface area contributed by atoms with Crippen LogP contribution < -0.4 is 4.74 Å². The zero-order valence-electron chi connectivity index (χ0n) is 7.95. The number of para-hydroxylation sites is 2. The Morgan fingerprint density at radius 1 is 1.27 bits per heavy atom. The highest BCUT2D eigenvalue weighted by atomic mass is 16.5. The van der Waals surface area contributed by atoms with Crippen LogP contribution in [0, 0.1) is 0 Å². The van der Waals surface area contributed by atoms with Gasteiger partial charge in [0.2, 0.25) is 5.65 Å². The van der Waals surface area contributed by atoms with E-state index < -0.39 is 0 Å². The first-order valence-corrected chi connectivity index (χ1v) is 4.41. The quantitative estimate of drug-likeness (QED) is 0.579. The average molecular weight is 201 g/mol. The van der Waals surface area contributed by atoms with Crippen LogP contribution in [0.5, 0.6) is 5.88 Å². The van der Waals surface area contributed by atoms with Gasteiger partial charge in [-0.25, -0.2) is 4.98 Å². The SMILES string of the molecule is COc1nc2ccccc2n2nnnc12. The van der Waals surface area contributed by atoms with Gasteiger partial charge in [0.15, 0.2) is 0 Å². The van der Waals surface area contributed by atoms with E-state index in [1.807, 2.05) is 24.3 Å². The van der Waals surface area contributed by atoms with Crippen molar-refractivity contribution in [2.75, 3.05) is 7.11 Å². The summed E-state index contributed by atoms with van der Waals surface area (Å²) in [5.74, 6) is 0.429. The summed E-state index contributed by atoms with van der Waals surface area (Å²) in [6.07, 6.45) is 0. The molecule has 0 aliphatic rings.